The van der Waals surface area contributed by atoms with Gasteiger partial charge < -0.3 is 14.3 Å². The van der Waals surface area contributed by atoms with Gasteiger partial charge in [0, 0.05) is 23.4 Å². The lowest BCUT2D eigenvalue weighted by Crippen LogP contribution is -2.08. The largest absolute Gasteiger partial charge is 0.508 e. The Morgan fingerprint density at radius 3 is 2.86 bits per heavy atom. The number of benzene rings is 2. The average molecular weight is 294 g/mol. The molecule has 4 rings (SSSR count). The van der Waals surface area contributed by atoms with Crippen molar-refractivity contribution in [2.75, 3.05) is 6.61 Å². The minimum atomic E-state index is -0.371. The van der Waals surface area contributed by atoms with Crippen molar-refractivity contribution < 1.29 is 14.3 Å². The number of hydrogen-bond donors (Lipinski definition) is 1. The highest BCUT2D eigenvalue weighted by Gasteiger charge is 2.22. The first kappa shape index (κ1) is 13.0. The highest BCUT2D eigenvalue weighted by atomic mass is 16.5. The van der Waals surface area contributed by atoms with E-state index in [1.807, 2.05) is 25.1 Å². The Kier molecular flexibility index (Phi) is 2.73. The van der Waals surface area contributed by atoms with E-state index in [1.54, 1.807) is 12.1 Å². The van der Waals surface area contributed by atoms with Crippen LogP contribution < -0.4 is 10.4 Å². The topological polar surface area (TPSA) is 59.7 Å². The summed E-state index contributed by atoms with van der Waals surface area (Å²) in [7, 11) is 0. The quantitative estimate of drug-likeness (QED) is 0.645. The molecular formula is C18H14O4. The first-order valence-electron chi connectivity index (χ1n) is 7.16. The maximum Gasteiger partial charge on any atom is 0.344 e. The third kappa shape index (κ3) is 1.88. The molecule has 4 nitrogen and oxygen atoms in total. The number of hydrogen-bond acceptors (Lipinski definition) is 4. The van der Waals surface area contributed by atoms with Gasteiger partial charge in [0.05, 0.1) is 12.2 Å². The number of fused-ring (bicyclic) bond motifs is 5. The van der Waals surface area contributed by atoms with Gasteiger partial charge in [0.1, 0.15) is 17.1 Å². The van der Waals surface area contributed by atoms with Crippen molar-refractivity contribution in [2.45, 2.75) is 13.3 Å². The maximum atomic E-state index is 12.5. The summed E-state index contributed by atoms with van der Waals surface area (Å²) >= 11 is 0. The first-order valence-corrected chi connectivity index (χ1v) is 7.16. The fourth-order valence-electron chi connectivity index (χ4n) is 3.01. The van der Waals surface area contributed by atoms with Gasteiger partial charge in [-0.25, -0.2) is 4.79 Å². The highest BCUT2D eigenvalue weighted by molar-refractivity contribution is 5.89. The molecule has 1 N–H and O–H groups in total. The standard InChI is InChI=1S/C18H14O4/c1-10-2-5-15-14(8-10)12-6-7-21-16-9-11(19)3-4-13(16)17(12)18(20)22-15/h2-5,8-9,19H,6-7H2,1H3. The summed E-state index contributed by atoms with van der Waals surface area (Å²) < 4.78 is 11.2. The molecule has 2 aromatic carbocycles. The molecule has 1 aliphatic heterocycles. The zero-order valence-corrected chi connectivity index (χ0v) is 12.1. The van der Waals surface area contributed by atoms with Crippen LogP contribution in [0.5, 0.6) is 11.5 Å². The van der Waals surface area contributed by atoms with Crippen molar-refractivity contribution in [1.82, 2.24) is 0 Å². The SMILES string of the molecule is Cc1ccc2oc(=O)c3c(c2c1)CCOc1cc(O)ccc1-3. The predicted octanol–water partition coefficient (Wildman–Crippen LogP) is 3.41. The van der Waals surface area contributed by atoms with Crippen LogP contribution in [0.3, 0.4) is 0 Å². The Morgan fingerprint density at radius 2 is 2.00 bits per heavy atom. The normalized spacial score (nSPS) is 13.1. The fourth-order valence-corrected chi connectivity index (χ4v) is 3.01. The van der Waals surface area contributed by atoms with Crippen molar-refractivity contribution >= 4 is 11.0 Å². The zero-order chi connectivity index (χ0) is 15.3. The molecule has 0 bridgehead atoms. The van der Waals surface area contributed by atoms with Crippen LogP contribution in [0.1, 0.15) is 11.1 Å². The Hall–Kier alpha value is -2.75. The second-order valence-electron chi connectivity index (χ2n) is 5.52. The van der Waals surface area contributed by atoms with E-state index in [4.69, 9.17) is 9.15 Å². The van der Waals surface area contributed by atoms with Crippen LogP contribution in [-0.4, -0.2) is 11.7 Å². The summed E-state index contributed by atoms with van der Waals surface area (Å²) in [5.74, 6) is 0.626. The lowest BCUT2D eigenvalue weighted by Gasteiger charge is -2.09. The molecule has 110 valence electrons. The van der Waals surface area contributed by atoms with Crippen LogP contribution in [0.15, 0.2) is 45.6 Å². The monoisotopic (exact) mass is 294 g/mol. The van der Waals surface area contributed by atoms with E-state index < -0.39 is 0 Å². The number of phenols is 1. The smallest absolute Gasteiger partial charge is 0.344 e. The second kappa shape index (κ2) is 4.63. The first-order chi connectivity index (χ1) is 10.6. The number of phenolic OH excluding ortho intramolecular Hbond substituents is 1. The zero-order valence-electron chi connectivity index (χ0n) is 12.1. The highest BCUT2D eigenvalue weighted by Crippen LogP contribution is 2.38. The van der Waals surface area contributed by atoms with E-state index in [2.05, 4.69) is 0 Å². The molecule has 1 aliphatic rings. The van der Waals surface area contributed by atoms with Gasteiger partial charge in [0.25, 0.3) is 0 Å². The molecular weight excluding hydrogens is 280 g/mol. The van der Waals surface area contributed by atoms with Gasteiger partial charge in [-0.05, 0) is 36.8 Å². The third-order valence-electron chi connectivity index (χ3n) is 4.01. The van der Waals surface area contributed by atoms with Gasteiger partial charge in [-0.2, -0.15) is 0 Å². The van der Waals surface area contributed by atoms with Crippen molar-refractivity contribution in [3.63, 3.8) is 0 Å². The molecule has 0 saturated carbocycles. The molecule has 0 unspecified atom stereocenters. The molecule has 1 aromatic heterocycles. The van der Waals surface area contributed by atoms with Crippen LogP contribution >= 0.6 is 0 Å². The molecule has 0 saturated heterocycles. The van der Waals surface area contributed by atoms with E-state index in [0.29, 0.717) is 35.5 Å². The maximum absolute atomic E-state index is 12.5. The van der Waals surface area contributed by atoms with E-state index in [-0.39, 0.29) is 11.4 Å². The number of ether oxygens (including phenoxy) is 1. The molecule has 0 amide bonds. The molecule has 0 fully saturated rings. The molecule has 0 spiro atoms. The molecule has 0 atom stereocenters. The van der Waals surface area contributed by atoms with Gasteiger partial charge in [0.2, 0.25) is 0 Å². The van der Waals surface area contributed by atoms with Crippen LogP contribution in [0.25, 0.3) is 22.1 Å². The van der Waals surface area contributed by atoms with Gasteiger partial charge in [-0.1, -0.05) is 11.6 Å². The summed E-state index contributed by atoms with van der Waals surface area (Å²) in [5, 5.41) is 10.6. The summed E-state index contributed by atoms with van der Waals surface area (Å²) in [6.07, 6.45) is 0.621. The van der Waals surface area contributed by atoms with E-state index in [0.717, 1.165) is 16.5 Å². The Morgan fingerprint density at radius 1 is 1.14 bits per heavy atom. The van der Waals surface area contributed by atoms with Crippen LogP contribution in [0, 0.1) is 6.92 Å². The van der Waals surface area contributed by atoms with Crippen LogP contribution in [0.2, 0.25) is 0 Å². The van der Waals surface area contributed by atoms with Gasteiger partial charge >= 0.3 is 5.63 Å². The molecule has 4 heteroatoms. The molecule has 22 heavy (non-hydrogen) atoms. The third-order valence-corrected chi connectivity index (χ3v) is 4.01. The van der Waals surface area contributed by atoms with Crippen molar-refractivity contribution in [2.24, 2.45) is 0 Å². The Balaban J connectivity index is 2.14. The van der Waals surface area contributed by atoms with Crippen molar-refractivity contribution in [1.29, 1.82) is 0 Å². The van der Waals surface area contributed by atoms with Gasteiger partial charge in [-0.15, -0.1) is 0 Å². The molecule has 3 aromatic rings. The summed E-state index contributed by atoms with van der Waals surface area (Å²) in [6.45, 7) is 2.46. The molecule has 2 heterocycles. The number of aromatic hydroxyl groups is 1. The number of rotatable bonds is 0. The molecule has 0 aliphatic carbocycles. The summed E-state index contributed by atoms with van der Waals surface area (Å²) in [5.41, 5.74) is 3.48. The Labute approximate surface area is 126 Å². The van der Waals surface area contributed by atoms with Crippen LogP contribution in [0.4, 0.5) is 0 Å². The summed E-state index contributed by atoms with van der Waals surface area (Å²) in [4.78, 5) is 12.5. The van der Waals surface area contributed by atoms with Crippen molar-refractivity contribution in [3.8, 4) is 22.6 Å². The van der Waals surface area contributed by atoms with Gasteiger partial charge in [0.15, 0.2) is 0 Å². The summed E-state index contributed by atoms with van der Waals surface area (Å²) in [6, 6.07) is 10.6. The van der Waals surface area contributed by atoms with Crippen LogP contribution in [-0.2, 0) is 6.42 Å². The average Bonchev–Trinajstić information content (AvgIpc) is 2.67. The number of aryl methyl sites for hydroxylation is 1. The fraction of sp³-hybridized carbons (Fsp3) is 0.167. The Bertz CT molecular complexity index is 953. The minimum Gasteiger partial charge on any atom is -0.508 e. The molecule has 0 radical (unpaired) electrons. The predicted molar refractivity (Wildman–Crippen MR) is 83.5 cm³/mol. The van der Waals surface area contributed by atoms with E-state index >= 15 is 0 Å². The van der Waals surface area contributed by atoms with E-state index in [1.165, 1.54) is 6.07 Å². The lowest BCUT2D eigenvalue weighted by atomic mass is 9.96. The van der Waals surface area contributed by atoms with Gasteiger partial charge in [-0.3, -0.25) is 0 Å². The second-order valence-corrected chi connectivity index (χ2v) is 5.52. The minimum absolute atomic E-state index is 0.114. The van der Waals surface area contributed by atoms with Crippen molar-refractivity contribution in [3.05, 3.63) is 57.9 Å². The van der Waals surface area contributed by atoms with E-state index in [9.17, 15) is 9.90 Å². The lowest BCUT2D eigenvalue weighted by molar-refractivity contribution is 0.325.